The fourth-order valence-electron chi connectivity index (χ4n) is 1.79. The van der Waals surface area contributed by atoms with E-state index >= 15 is 0 Å². The van der Waals surface area contributed by atoms with Crippen LogP contribution in [0.3, 0.4) is 0 Å². The van der Waals surface area contributed by atoms with Crippen LogP contribution in [0.5, 0.6) is 0 Å². The third-order valence-corrected chi connectivity index (χ3v) is 2.33. The van der Waals surface area contributed by atoms with Gasteiger partial charge in [-0.3, -0.25) is 4.79 Å². The van der Waals surface area contributed by atoms with Gasteiger partial charge in [0, 0.05) is 6.42 Å². The maximum Gasteiger partial charge on any atom is 0.156 e. The van der Waals surface area contributed by atoms with Gasteiger partial charge in [-0.2, -0.15) is 0 Å². The number of ketones is 1. The van der Waals surface area contributed by atoms with Crippen LogP contribution < -0.4 is 0 Å². The number of hydrogen-bond acceptors (Lipinski definition) is 2. The van der Waals surface area contributed by atoms with Gasteiger partial charge in [0.05, 0.1) is 6.61 Å². The molecule has 0 fully saturated rings. The van der Waals surface area contributed by atoms with Crippen molar-refractivity contribution in [2.75, 3.05) is 6.61 Å². The van der Waals surface area contributed by atoms with Gasteiger partial charge in [-0.15, -0.1) is 0 Å². The molecule has 0 aliphatic heterocycles. The molecule has 78 valence electrons. The molecule has 0 spiro atoms. The van der Waals surface area contributed by atoms with Crippen molar-refractivity contribution in [1.29, 1.82) is 0 Å². The lowest BCUT2D eigenvalue weighted by molar-refractivity contribution is -0.117. The first-order valence-corrected chi connectivity index (χ1v) is 5.00. The number of ether oxygens (including phenoxy) is 1. The second-order valence-electron chi connectivity index (χ2n) is 4.51. The fraction of sp³-hybridized carbons (Fsp3) is 0.583. The Morgan fingerprint density at radius 2 is 2.21 bits per heavy atom. The molecule has 0 atom stereocenters. The summed E-state index contributed by atoms with van der Waals surface area (Å²) in [6.07, 6.45) is 3.16. The highest BCUT2D eigenvalue weighted by Gasteiger charge is 2.28. The zero-order chi connectivity index (χ0) is 10.8. The molecule has 0 N–H and O–H groups in total. The van der Waals surface area contributed by atoms with Gasteiger partial charge in [-0.1, -0.05) is 20.4 Å². The molecule has 0 unspecified atom stereocenters. The van der Waals surface area contributed by atoms with Crippen LogP contribution in [0.4, 0.5) is 0 Å². The van der Waals surface area contributed by atoms with Gasteiger partial charge >= 0.3 is 0 Å². The van der Waals surface area contributed by atoms with Crippen molar-refractivity contribution < 1.29 is 9.53 Å². The summed E-state index contributed by atoms with van der Waals surface area (Å²) in [5.41, 5.74) is 0.995. The van der Waals surface area contributed by atoms with E-state index in [4.69, 9.17) is 4.74 Å². The Hall–Kier alpha value is -1.05. The van der Waals surface area contributed by atoms with Gasteiger partial charge in [0.15, 0.2) is 5.78 Å². The van der Waals surface area contributed by atoms with E-state index in [9.17, 15) is 4.79 Å². The molecule has 0 bridgehead atoms. The minimum absolute atomic E-state index is 0.0429. The molecule has 0 saturated heterocycles. The van der Waals surface area contributed by atoms with Crippen LogP contribution in [-0.2, 0) is 9.53 Å². The lowest BCUT2D eigenvalue weighted by atomic mass is 9.76. The lowest BCUT2D eigenvalue weighted by Crippen LogP contribution is -2.22. The van der Waals surface area contributed by atoms with Crippen LogP contribution in [0, 0.1) is 5.41 Å². The third-order valence-electron chi connectivity index (χ3n) is 2.33. The summed E-state index contributed by atoms with van der Waals surface area (Å²) in [7, 11) is 0. The van der Waals surface area contributed by atoms with Crippen molar-refractivity contribution >= 4 is 5.78 Å². The second-order valence-corrected chi connectivity index (χ2v) is 4.51. The highest BCUT2D eigenvalue weighted by Crippen LogP contribution is 2.36. The Labute approximate surface area is 85.6 Å². The highest BCUT2D eigenvalue weighted by atomic mass is 16.5. The van der Waals surface area contributed by atoms with E-state index in [2.05, 4.69) is 20.4 Å². The minimum Gasteiger partial charge on any atom is -0.494 e. The lowest BCUT2D eigenvalue weighted by Gasteiger charge is -2.29. The fourth-order valence-corrected chi connectivity index (χ4v) is 1.79. The maximum absolute atomic E-state index is 11.4. The summed E-state index contributed by atoms with van der Waals surface area (Å²) in [6, 6.07) is 0. The molecule has 0 aromatic heterocycles. The Kier molecular flexibility index (Phi) is 3.14. The minimum atomic E-state index is 0.0429. The molecule has 2 nitrogen and oxygen atoms in total. The smallest absolute Gasteiger partial charge is 0.156 e. The van der Waals surface area contributed by atoms with E-state index in [0.717, 1.165) is 12.0 Å². The monoisotopic (exact) mass is 194 g/mol. The van der Waals surface area contributed by atoms with Crippen LogP contribution in [-0.4, -0.2) is 12.4 Å². The quantitative estimate of drug-likeness (QED) is 0.646. The van der Waals surface area contributed by atoms with Crippen molar-refractivity contribution in [1.82, 2.24) is 0 Å². The molecule has 0 aromatic carbocycles. The Morgan fingerprint density at radius 3 is 2.71 bits per heavy atom. The standard InChI is InChI=1S/C12H18O2/c1-5-14-9(2)10-6-11(13)8-12(3,4)7-10/h6H,2,5,7-8H2,1,3-4H3. The molecule has 0 aromatic rings. The summed E-state index contributed by atoms with van der Waals surface area (Å²) in [4.78, 5) is 11.4. The predicted octanol–water partition coefficient (Wildman–Crippen LogP) is 2.85. The average Bonchev–Trinajstić information content (AvgIpc) is 2.00. The molecule has 1 aliphatic rings. The zero-order valence-corrected chi connectivity index (χ0v) is 9.22. The number of carbonyl (C=O) groups excluding carboxylic acids is 1. The molecular weight excluding hydrogens is 176 g/mol. The van der Waals surface area contributed by atoms with E-state index in [0.29, 0.717) is 18.8 Å². The average molecular weight is 194 g/mol. The molecule has 1 aliphatic carbocycles. The van der Waals surface area contributed by atoms with Crippen molar-refractivity contribution in [2.24, 2.45) is 5.41 Å². The van der Waals surface area contributed by atoms with Crippen molar-refractivity contribution in [2.45, 2.75) is 33.6 Å². The Bertz CT molecular complexity index is 285. The van der Waals surface area contributed by atoms with Crippen LogP contribution in [0.2, 0.25) is 0 Å². The largest absolute Gasteiger partial charge is 0.494 e. The first kappa shape index (κ1) is 11.0. The molecule has 1 rings (SSSR count). The van der Waals surface area contributed by atoms with Gasteiger partial charge in [0.25, 0.3) is 0 Å². The first-order chi connectivity index (χ1) is 6.44. The van der Waals surface area contributed by atoms with Gasteiger partial charge in [0.2, 0.25) is 0 Å². The summed E-state index contributed by atoms with van der Waals surface area (Å²) in [6.45, 7) is 10.5. The highest BCUT2D eigenvalue weighted by molar-refractivity contribution is 5.92. The second kappa shape index (κ2) is 3.99. The topological polar surface area (TPSA) is 26.3 Å². The summed E-state index contributed by atoms with van der Waals surface area (Å²) < 4.78 is 5.31. The number of allylic oxidation sites excluding steroid dienone is 2. The van der Waals surface area contributed by atoms with Gasteiger partial charge < -0.3 is 4.74 Å². The molecule has 2 heteroatoms. The molecular formula is C12H18O2. The van der Waals surface area contributed by atoms with Crippen molar-refractivity contribution in [3.05, 3.63) is 24.0 Å². The van der Waals surface area contributed by atoms with E-state index in [-0.39, 0.29) is 11.2 Å². The Balaban J connectivity index is 2.79. The first-order valence-electron chi connectivity index (χ1n) is 5.00. The summed E-state index contributed by atoms with van der Waals surface area (Å²) >= 11 is 0. The van der Waals surface area contributed by atoms with Crippen LogP contribution in [0.25, 0.3) is 0 Å². The number of rotatable bonds is 3. The Morgan fingerprint density at radius 1 is 1.57 bits per heavy atom. The van der Waals surface area contributed by atoms with Crippen LogP contribution in [0.15, 0.2) is 24.0 Å². The van der Waals surface area contributed by atoms with Crippen molar-refractivity contribution in [3.8, 4) is 0 Å². The van der Waals surface area contributed by atoms with E-state index in [1.54, 1.807) is 6.08 Å². The molecule has 14 heavy (non-hydrogen) atoms. The van der Waals surface area contributed by atoms with Gasteiger partial charge in [0.1, 0.15) is 5.76 Å². The maximum atomic E-state index is 11.4. The zero-order valence-electron chi connectivity index (χ0n) is 9.22. The van der Waals surface area contributed by atoms with Gasteiger partial charge in [-0.25, -0.2) is 0 Å². The molecule has 0 saturated carbocycles. The van der Waals surface area contributed by atoms with Crippen LogP contribution in [0.1, 0.15) is 33.6 Å². The molecule has 0 amide bonds. The van der Waals surface area contributed by atoms with E-state index in [1.807, 2.05) is 6.92 Å². The molecule has 0 radical (unpaired) electrons. The molecule has 0 heterocycles. The van der Waals surface area contributed by atoms with E-state index in [1.165, 1.54) is 0 Å². The predicted molar refractivity (Wildman–Crippen MR) is 56.9 cm³/mol. The number of hydrogen-bond donors (Lipinski definition) is 0. The van der Waals surface area contributed by atoms with Crippen LogP contribution >= 0.6 is 0 Å². The summed E-state index contributed by atoms with van der Waals surface area (Å²) in [5, 5.41) is 0. The van der Waals surface area contributed by atoms with Crippen molar-refractivity contribution in [3.63, 3.8) is 0 Å². The SMILES string of the molecule is C=C(OCC)C1=CC(=O)CC(C)(C)C1. The van der Waals surface area contributed by atoms with Gasteiger partial charge in [-0.05, 0) is 30.4 Å². The number of carbonyl (C=O) groups is 1. The normalized spacial score (nSPS) is 20.2. The summed E-state index contributed by atoms with van der Waals surface area (Å²) in [5.74, 6) is 0.825. The third kappa shape index (κ3) is 2.72. The van der Waals surface area contributed by atoms with E-state index < -0.39 is 0 Å².